The van der Waals surface area contributed by atoms with Crippen LogP contribution < -0.4 is 11.2 Å². The van der Waals surface area contributed by atoms with Crippen LogP contribution in [0.5, 0.6) is 0 Å². The van der Waals surface area contributed by atoms with Crippen molar-refractivity contribution in [3.8, 4) is 0 Å². The van der Waals surface area contributed by atoms with Crippen molar-refractivity contribution >= 4 is 11.2 Å². The Morgan fingerprint density at radius 1 is 1.14 bits per heavy atom. The summed E-state index contributed by atoms with van der Waals surface area (Å²) in [6.45, 7) is 2.57. The Balaban J connectivity index is 2.10. The lowest BCUT2D eigenvalue weighted by atomic mass is 10.00. The van der Waals surface area contributed by atoms with Crippen molar-refractivity contribution in [1.82, 2.24) is 19.5 Å². The highest BCUT2D eigenvalue weighted by Gasteiger charge is 2.20. The predicted molar refractivity (Wildman–Crippen MR) is 81.7 cm³/mol. The summed E-state index contributed by atoms with van der Waals surface area (Å²) in [5, 5.41) is 0. The molecule has 0 unspecified atom stereocenters. The normalized spacial score (nSPS) is 17.2. The maximum absolute atomic E-state index is 12.0. The third-order valence-electron chi connectivity index (χ3n) is 4.34. The largest absolute Gasteiger partial charge is 0.336 e. The van der Waals surface area contributed by atoms with Gasteiger partial charge in [0.2, 0.25) is 0 Å². The molecule has 2 aromatic rings. The van der Waals surface area contributed by atoms with E-state index >= 15 is 0 Å². The van der Waals surface area contributed by atoms with E-state index in [2.05, 4.69) is 15.0 Å². The standard InChI is InChI=1S/C15H22N4O2/c1-2-9-19-13-11(14(20)18-15(19)21)16-12(17-13)10-7-5-3-4-6-8-10/h10H,2-9H2,1H3,(H,16,17)(H,18,20,21). The number of aromatic amines is 2. The van der Waals surface area contributed by atoms with Crippen LogP contribution in [0.3, 0.4) is 0 Å². The zero-order chi connectivity index (χ0) is 14.8. The smallest absolute Gasteiger partial charge is 0.330 e. The lowest BCUT2D eigenvalue weighted by Crippen LogP contribution is -2.30. The second-order valence-corrected chi connectivity index (χ2v) is 5.92. The van der Waals surface area contributed by atoms with Crippen LogP contribution in [0.2, 0.25) is 0 Å². The Kier molecular flexibility index (Phi) is 3.94. The van der Waals surface area contributed by atoms with Crippen LogP contribution in [0.15, 0.2) is 9.59 Å². The molecule has 6 heteroatoms. The number of nitrogens with one attached hydrogen (secondary N) is 2. The topological polar surface area (TPSA) is 83.5 Å². The Hall–Kier alpha value is -1.85. The van der Waals surface area contributed by atoms with Crippen LogP contribution in [-0.4, -0.2) is 19.5 Å². The number of rotatable bonds is 3. The fraction of sp³-hybridized carbons (Fsp3) is 0.667. The molecule has 0 spiro atoms. The van der Waals surface area contributed by atoms with Crippen molar-refractivity contribution in [2.45, 2.75) is 64.3 Å². The third-order valence-corrected chi connectivity index (χ3v) is 4.34. The molecule has 114 valence electrons. The Morgan fingerprint density at radius 2 is 1.86 bits per heavy atom. The first-order valence-electron chi connectivity index (χ1n) is 7.93. The van der Waals surface area contributed by atoms with Gasteiger partial charge in [0.25, 0.3) is 5.56 Å². The van der Waals surface area contributed by atoms with Gasteiger partial charge in [0.15, 0.2) is 5.65 Å². The highest BCUT2D eigenvalue weighted by Crippen LogP contribution is 2.30. The Bertz CT molecular complexity index is 732. The van der Waals surface area contributed by atoms with E-state index in [1.54, 1.807) is 4.57 Å². The van der Waals surface area contributed by atoms with Gasteiger partial charge in [-0.3, -0.25) is 14.3 Å². The molecule has 1 fully saturated rings. The molecule has 6 nitrogen and oxygen atoms in total. The Morgan fingerprint density at radius 3 is 2.52 bits per heavy atom. The first kappa shape index (κ1) is 14.1. The molecule has 0 aromatic carbocycles. The summed E-state index contributed by atoms with van der Waals surface area (Å²) in [4.78, 5) is 34.1. The van der Waals surface area contributed by atoms with Crippen LogP contribution in [0, 0.1) is 0 Å². The number of hydrogen-bond donors (Lipinski definition) is 2. The van der Waals surface area contributed by atoms with Crippen molar-refractivity contribution in [1.29, 1.82) is 0 Å². The summed E-state index contributed by atoms with van der Waals surface area (Å²) >= 11 is 0. The van der Waals surface area contributed by atoms with Gasteiger partial charge in [0.05, 0.1) is 0 Å². The van der Waals surface area contributed by atoms with Crippen molar-refractivity contribution < 1.29 is 0 Å². The van der Waals surface area contributed by atoms with Gasteiger partial charge in [-0.25, -0.2) is 9.78 Å². The van der Waals surface area contributed by atoms with Crippen molar-refractivity contribution in [2.75, 3.05) is 0 Å². The van der Waals surface area contributed by atoms with Crippen molar-refractivity contribution in [3.05, 3.63) is 26.7 Å². The van der Waals surface area contributed by atoms with E-state index in [0.29, 0.717) is 23.6 Å². The van der Waals surface area contributed by atoms with Gasteiger partial charge in [0, 0.05) is 12.5 Å². The van der Waals surface area contributed by atoms with E-state index < -0.39 is 0 Å². The first-order valence-corrected chi connectivity index (χ1v) is 7.93. The number of H-pyrrole nitrogens is 2. The number of aromatic nitrogens is 4. The van der Waals surface area contributed by atoms with Gasteiger partial charge < -0.3 is 4.98 Å². The molecule has 3 rings (SSSR count). The second-order valence-electron chi connectivity index (χ2n) is 5.92. The maximum atomic E-state index is 12.0. The molecule has 0 saturated heterocycles. The van der Waals surface area contributed by atoms with Crippen LogP contribution >= 0.6 is 0 Å². The summed E-state index contributed by atoms with van der Waals surface area (Å²) in [6.07, 6.45) is 8.01. The molecular formula is C15H22N4O2. The summed E-state index contributed by atoms with van der Waals surface area (Å²) in [7, 11) is 0. The number of fused-ring (bicyclic) bond motifs is 1. The number of nitrogens with zero attached hydrogens (tertiary/aromatic N) is 2. The summed E-state index contributed by atoms with van der Waals surface area (Å²) in [5.74, 6) is 1.25. The fourth-order valence-corrected chi connectivity index (χ4v) is 3.24. The minimum atomic E-state index is -0.367. The molecule has 0 atom stereocenters. The molecule has 2 aromatic heterocycles. The average Bonchev–Trinajstić information content (AvgIpc) is 2.72. The highest BCUT2D eigenvalue weighted by molar-refractivity contribution is 5.69. The monoisotopic (exact) mass is 290 g/mol. The van der Waals surface area contributed by atoms with Gasteiger partial charge in [-0.15, -0.1) is 0 Å². The summed E-state index contributed by atoms with van der Waals surface area (Å²) < 4.78 is 1.56. The number of aryl methyl sites for hydroxylation is 1. The van der Waals surface area contributed by atoms with Crippen LogP contribution in [0.4, 0.5) is 0 Å². The van der Waals surface area contributed by atoms with E-state index in [4.69, 9.17) is 0 Å². The Labute approximate surface area is 122 Å². The highest BCUT2D eigenvalue weighted by atomic mass is 16.2. The molecule has 21 heavy (non-hydrogen) atoms. The zero-order valence-electron chi connectivity index (χ0n) is 12.4. The van der Waals surface area contributed by atoms with E-state index in [1.807, 2.05) is 6.92 Å². The number of imidazole rings is 1. The van der Waals surface area contributed by atoms with E-state index in [1.165, 1.54) is 25.7 Å². The predicted octanol–water partition coefficient (Wildman–Crippen LogP) is 2.26. The van der Waals surface area contributed by atoms with Gasteiger partial charge in [0.1, 0.15) is 11.3 Å². The van der Waals surface area contributed by atoms with E-state index in [9.17, 15) is 9.59 Å². The van der Waals surface area contributed by atoms with Gasteiger partial charge in [-0.1, -0.05) is 32.6 Å². The molecule has 0 aliphatic heterocycles. The van der Waals surface area contributed by atoms with Crippen molar-refractivity contribution in [3.63, 3.8) is 0 Å². The maximum Gasteiger partial charge on any atom is 0.330 e. The quantitative estimate of drug-likeness (QED) is 0.850. The van der Waals surface area contributed by atoms with E-state index in [-0.39, 0.29) is 11.2 Å². The van der Waals surface area contributed by atoms with Crippen molar-refractivity contribution in [2.24, 2.45) is 0 Å². The minimum Gasteiger partial charge on any atom is -0.336 e. The fourth-order valence-electron chi connectivity index (χ4n) is 3.24. The molecule has 1 saturated carbocycles. The second kappa shape index (κ2) is 5.87. The molecule has 1 aliphatic carbocycles. The van der Waals surface area contributed by atoms with Gasteiger partial charge in [-0.05, 0) is 19.3 Å². The molecule has 0 bridgehead atoms. The zero-order valence-corrected chi connectivity index (χ0v) is 12.4. The van der Waals surface area contributed by atoms with Gasteiger partial charge >= 0.3 is 5.69 Å². The molecule has 1 aliphatic rings. The third kappa shape index (κ3) is 2.66. The lowest BCUT2D eigenvalue weighted by Gasteiger charge is -2.09. The van der Waals surface area contributed by atoms with Crippen LogP contribution in [0.25, 0.3) is 11.2 Å². The molecule has 0 amide bonds. The average molecular weight is 290 g/mol. The molecular weight excluding hydrogens is 268 g/mol. The molecule has 0 radical (unpaired) electrons. The van der Waals surface area contributed by atoms with Crippen LogP contribution in [-0.2, 0) is 6.54 Å². The summed E-state index contributed by atoms with van der Waals surface area (Å²) in [6, 6.07) is 0. The minimum absolute atomic E-state index is 0.366. The summed E-state index contributed by atoms with van der Waals surface area (Å²) in [5.41, 5.74) is 0.204. The molecule has 2 N–H and O–H groups in total. The SMILES string of the molecule is CCCn1c(=O)[nH]c(=O)c2[nH]c(C3CCCCCC3)nc21. The first-order chi connectivity index (χ1) is 10.2. The van der Waals surface area contributed by atoms with E-state index in [0.717, 1.165) is 25.1 Å². The van der Waals surface area contributed by atoms with Crippen LogP contribution in [0.1, 0.15) is 63.6 Å². The van der Waals surface area contributed by atoms with Gasteiger partial charge in [-0.2, -0.15) is 0 Å². The molecule has 2 heterocycles. The number of hydrogen-bond acceptors (Lipinski definition) is 3. The lowest BCUT2D eigenvalue weighted by molar-refractivity contribution is 0.566.